The number of hydrogen-bond acceptors (Lipinski definition) is 2. The first-order chi connectivity index (χ1) is 10.1. The molecule has 1 heterocycles. The molecule has 1 saturated heterocycles. The van der Waals surface area contributed by atoms with Crippen molar-refractivity contribution in [1.29, 1.82) is 0 Å². The summed E-state index contributed by atoms with van der Waals surface area (Å²) in [6.45, 7) is 5.40. The van der Waals surface area contributed by atoms with Crippen LogP contribution in [0.25, 0.3) is 0 Å². The second kappa shape index (κ2) is 7.39. The van der Waals surface area contributed by atoms with Crippen LogP contribution in [0, 0.1) is 5.92 Å². The smallest absolute Gasteiger partial charge is 0.223 e. The fraction of sp³-hybridized carbons (Fsp3) is 0.556. The molecule has 1 aliphatic heterocycles. The second-order valence-corrected chi connectivity index (χ2v) is 6.19. The van der Waals surface area contributed by atoms with Crippen molar-refractivity contribution in [3.05, 3.63) is 35.9 Å². The Morgan fingerprint density at radius 2 is 1.71 bits per heavy atom. The van der Waals surface area contributed by atoms with Gasteiger partial charge in [0.05, 0.1) is 0 Å². The van der Waals surface area contributed by atoms with E-state index < -0.39 is 0 Å². The number of Topliss-reactive ketones (excluding diaryl/α,β-unsaturated/α-hetero) is 1. The van der Waals surface area contributed by atoms with E-state index in [0.717, 1.165) is 25.9 Å². The number of amides is 1. The topological polar surface area (TPSA) is 37.4 Å². The van der Waals surface area contributed by atoms with Gasteiger partial charge in [-0.1, -0.05) is 44.2 Å². The largest absolute Gasteiger partial charge is 0.343 e. The van der Waals surface area contributed by atoms with E-state index in [1.165, 1.54) is 5.56 Å². The van der Waals surface area contributed by atoms with E-state index >= 15 is 0 Å². The van der Waals surface area contributed by atoms with E-state index in [0.29, 0.717) is 18.8 Å². The molecular weight excluding hydrogens is 262 g/mol. The van der Waals surface area contributed by atoms with Gasteiger partial charge < -0.3 is 4.90 Å². The Bertz CT molecular complexity index is 473. The van der Waals surface area contributed by atoms with E-state index in [1.54, 1.807) is 0 Å². The number of nitrogens with zero attached hydrogens (tertiary/aromatic N) is 1. The van der Waals surface area contributed by atoms with E-state index in [-0.39, 0.29) is 17.6 Å². The maximum Gasteiger partial charge on any atom is 0.223 e. The highest BCUT2D eigenvalue weighted by Gasteiger charge is 2.24. The van der Waals surface area contributed by atoms with Crippen molar-refractivity contribution in [1.82, 2.24) is 4.90 Å². The van der Waals surface area contributed by atoms with Crippen LogP contribution in [0.2, 0.25) is 0 Å². The molecule has 2 rings (SSSR count). The fourth-order valence-electron chi connectivity index (χ4n) is 2.86. The molecule has 0 unspecified atom stereocenters. The molecule has 1 aromatic carbocycles. The Morgan fingerprint density at radius 1 is 1.10 bits per heavy atom. The average Bonchev–Trinajstić information content (AvgIpc) is 2.53. The SMILES string of the molecule is CC(C)C(=O)CCC(=O)N1CCC(c2ccccc2)CC1. The number of benzene rings is 1. The van der Waals surface area contributed by atoms with Crippen LogP contribution in [-0.2, 0) is 9.59 Å². The Balaban J connectivity index is 1.78. The summed E-state index contributed by atoms with van der Waals surface area (Å²) in [5, 5.41) is 0. The summed E-state index contributed by atoms with van der Waals surface area (Å²) < 4.78 is 0. The number of ketones is 1. The minimum Gasteiger partial charge on any atom is -0.343 e. The number of piperidine rings is 1. The lowest BCUT2D eigenvalue weighted by molar-refractivity contribution is -0.134. The lowest BCUT2D eigenvalue weighted by Gasteiger charge is -2.32. The first kappa shape index (κ1) is 15.7. The van der Waals surface area contributed by atoms with Crippen molar-refractivity contribution in [3.63, 3.8) is 0 Å². The zero-order valence-corrected chi connectivity index (χ0v) is 13.0. The molecule has 0 atom stereocenters. The molecule has 3 nitrogen and oxygen atoms in total. The third kappa shape index (κ3) is 4.42. The van der Waals surface area contributed by atoms with Crippen molar-refractivity contribution >= 4 is 11.7 Å². The van der Waals surface area contributed by atoms with Gasteiger partial charge >= 0.3 is 0 Å². The number of likely N-dealkylation sites (tertiary alicyclic amines) is 1. The molecule has 21 heavy (non-hydrogen) atoms. The number of carbonyl (C=O) groups is 2. The van der Waals surface area contributed by atoms with Gasteiger partial charge in [-0.05, 0) is 24.3 Å². The summed E-state index contributed by atoms with van der Waals surface area (Å²) in [5.74, 6) is 0.909. The van der Waals surface area contributed by atoms with Gasteiger partial charge in [0.1, 0.15) is 5.78 Å². The molecule has 1 aromatic rings. The number of hydrogen-bond donors (Lipinski definition) is 0. The predicted octanol–water partition coefficient (Wildman–Crippen LogP) is 3.40. The van der Waals surface area contributed by atoms with Crippen LogP contribution in [0.5, 0.6) is 0 Å². The Kier molecular flexibility index (Phi) is 5.54. The molecule has 0 N–H and O–H groups in total. The van der Waals surface area contributed by atoms with Gasteiger partial charge in [0, 0.05) is 31.8 Å². The second-order valence-electron chi connectivity index (χ2n) is 6.19. The van der Waals surface area contributed by atoms with Crippen molar-refractivity contribution < 1.29 is 9.59 Å². The summed E-state index contributed by atoms with van der Waals surface area (Å²) in [4.78, 5) is 25.7. The monoisotopic (exact) mass is 287 g/mol. The van der Waals surface area contributed by atoms with Gasteiger partial charge in [0.15, 0.2) is 0 Å². The zero-order chi connectivity index (χ0) is 15.2. The third-order valence-electron chi connectivity index (χ3n) is 4.35. The minimum atomic E-state index is 0.0293. The minimum absolute atomic E-state index is 0.0293. The molecular formula is C18H25NO2. The van der Waals surface area contributed by atoms with Crippen LogP contribution < -0.4 is 0 Å². The first-order valence-corrected chi connectivity index (χ1v) is 7.93. The van der Waals surface area contributed by atoms with Crippen LogP contribution in [0.4, 0.5) is 0 Å². The van der Waals surface area contributed by atoms with Gasteiger partial charge in [0.2, 0.25) is 5.91 Å². The summed E-state index contributed by atoms with van der Waals surface area (Å²) in [5.41, 5.74) is 1.37. The van der Waals surface area contributed by atoms with E-state index in [9.17, 15) is 9.59 Å². The highest BCUT2D eigenvalue weighted by molar-refractivity contribution is 5.86. The molecule has 3 heteroatoms. The Labute approximate surface area is 127 Å². The van der Waals surface area contributed by atoms with Crippen LogP contribution in [0.15, 0.2) is 30.3 Å². The molecule has 0 bridgehead atoms. The van der Waals surface area contributed by atoms with Crippen LogP contribution in [0.1, 0.15) is 51.0 Å². The van der Waals surface area contributed by atoms with Crippen molar-refractivity contribution in [2.75, 3.05) is 13.1 Å². The van der Waals surface area contributed by atoms with E-state index in [1.807, 2.05) is 24.8 Å². The molecule has 1 fully saturated rings. The van der Waals surface area contributed by atoms with Gasteiger partial charge in [0.25, 0.3) is 0 Å². The molecule has 0 saturated carbocycles. The molecule has 0 aliphatic carbocycles. The highest BCUT2D eigenvalue weighted by atomic mass is 16.2. The molecule has 0 radical (unpaired) electrons. The molecule has 1 aliphatic rings. The average molecular weight is 287 g/mol. The van der Waals surface area contributed by atoms with Crippen molar-refractivity contribution in [2.24, 2.45) is 5.92 Å². The third-order valence-corrected chi connectivity index (χ3v) is 4.35. The Hall–Kier alpha value is -1.64. The normalized spacial score (nSPS) is 16.2. The maximum absolute atomic E-state index is 12.1. The van der Waals surface area contributed by atoms with Crippen LogP contribution in [0.3, 0.4) is 0 Å². The Morgan fingerprint density at radius 3 is 2.29 bits per heavy atom. The lowest BCUT2D eigenvalue weighted by Crippen LogP contribution is -2.38. The van der Waals surface area contributed by atoms with E-state index in [2.05, 4.69) is 24.3 Å². The first-order valence-electron chi connectivity index (χ1n) is 7.93. The lowest BCUT2D eigenvalue weighted by atomic mass is 9.89. The quantitative estimate of drug-likeness (QED) is 0.832. The summed E-state index contributed by atoms with van der Waals surface area (Å²) in [6, 6.07) is 10.5. The van der Waals surface area contributed by atoms with Crippen LogP contribution >= 0.6 is 0 Å². The van der Waals surface area contributed by atoms with Gasteiger partial charge in [-0.15, -0.1) is 0 Å². The number of carbonyl (C=O) groups excluding carboxylic acids is 2. The highest BCUT2D eigenvalue weighted by Crippen LogP contribution is 2.28. The molecule has 0 spiro atoms. The van der Waals surface area contributed by atoms with Crippen molar-refractivity contribution in [2.45, 2.75) is 45.4 Å². The van der Waals surface area contributed by atoms with Gasteiger partial charge in [-0.3, -0.25) is 9.59 Å². The zero-order valence-electron chi connectivity index (χ0n) is 13.0. The summed E-state index contributed by atoms with van der Waals surface area (Å²) in [6.07, 6.45) is 2.80. The van der Waals surface area contributed by atoms with Gasteiger partial charge in [-0.25, -0.2) is 0 Å². The van der Waals surface area contributed by atoms with Gasteiger partial charge in [-0.2, -0.15) is 0 Å². The summed E-state index contributed by atoms with van der Waals surface area (Å²) in [7, 11) is 0. The summed E-state index contributed by atoms with van der Waals surface area (Å²) >= 11 is 0. The maximum atomic E-state index is 12.1. The predicted molar refractivity (Wildman–Crippen MR) is 84.1 cm³/mol. The van der Waals surface area contributed by atoms with Crippen molar-refractivity contribution in [3.8, 4) is 0 Å². The molecule has 0 aromatic heterocycles. The molecule has 1 amide bonds. The molecule has 114 valence electrons. The van der Waals surface area contributed by atoms with Crippen LogP contribution in [-0.4, -0.2) is 29.7 Å². The van der Waals surface area contributed by atoms with E-state index in [4.69, 9.17) is 0 Å². The standard InChI is InChI=1S/C18H25NO2/c1-14(2)17(20)8-9-18(21)19-12-10-16(11-13-19)15-6-4-3-5-7-15/h3-7,14,16H,8-13H2,1-2H3. The number of rotatable bonds is 5. The fourth-order valence-corrected chi connectivity index (χ4v) is 2.86.